The van der Waals surface area contributed by atoms with E-state index >= 15 is 0 Å². The van der Waals surface area contributed by atoms with Gasteiger partial charge in [-0.05, 0) is 54.5 Å². The van der Waals surface area contributed by atoms with Gasteiger partial charge in [0, 0.05) is 32.3 Å². The number of rotatable bonds is 8. The number of aliphatic carboxylic acids is 1. The van der Waals surface area contributed by atoms with E-state index in [-0.39, 0.29) is 11.8 Å². The van der Waals surface area contributed by atoms with E-state index in [1.807, 2.05) is 56.3 Å². The van der Waals surface area contributed by atoms with Gasteiger partial charge >= 0.3 is 5.97 Å². The molecule has 1 aliphatic rings. The molecule has 3 aromatic rings. The lowest BCUT2D eigenvalue weighted by atomic mass is 9.70. The maximum absolute atomic E-state index is 11.2. The number of carboxylic acid groups (broad SMARTS) is 1. The van der Waals surface area contributed by atoms with Gasteiger partial charge in [-0.2, -0.15) is 0 Å². The van der Waals surface area contributed by atoms with Gasteiger partial charge in [-0.3, -0.25) is 4.79 Å². The summed E-state index contributed by atoms with van der Waals surface area (Å²) < 4.78 is 12.1. The number of nitrogens with zero attached hydrogens (tertiary/aromatic N) is 3. The molecule has 1 aliphatic carbocycles. The summed E-state index contributed by atoms with van der Waals surface area (Å²) in [6, 6.07) is 9.94. The zero-order valence-electron chi connectivity index (χ0n) is 21.1. The third kappa shape index (κ3) is 5.39. The number of aromatic nitrogens is 2. The van der Waals surface area contributed by atoms with Crippen LogP contribution in [0.25, 0.3) is 17.0 Å². The lowest BCUT2D eigenvalue weighted by molar-refractivity contribution is -0.136. The number of hydrogen-bond donors (Lipinski definition) is 1. The van der Waals surface area contributed by atoms with Gasteiger partial charge in [0.2, 0.25) is 5.89 Å². The number of hydrogen-bond acceptors (Lipinski definition) is 6. The molecule has 0 amide bonds. The van der Waals surface area contributed by atoms with Crippen molar-refractivity contribution in [2.75, 3.05) is 25.6 Å². The summed E-state index contributed by atoms with van der Waals surface area (Å²) in [5.41, 5.74) is 4.95. The van der Waals surface area contributed by atoms with Crippen LogP contribution in [-0.2, 0) is 17.6 Å². The van der Waals surface area contributed by atoms with Gasteiger partial charge in [0.05, 0.1) is 24.3 Å². The third-order valence-corrected chi connectivity index (χ3v) is 6.58. The summed E-state index contributed by atoms with van der Waals surface area (Å²) in [4.78, 5) is 22.2. The zero-order chi connectivity index (χ0) is 25.2. The highest BCUT2D eigenvalue weighted by Crippen LogP contribution is 2.47. The average Bonchev–Trinajstić information content (AvgIpc) is 3.18. The molecule has 1 N–H and O–H groups in total. The van der Waals surface area contributed by atoms with Crippen molar-refractivity contribution in [3.8, 4) is 17.2 Å². The highest BCUT2D eigenvalue weighted by molar-refractivity contribution is 5.79. The number of allylic oxidation sites excluding steroid dienone is 1. The second kappa shape index (κ2) is 9.94. The van der Waals surface area contributed by atoms with E-state index in [9.17, 15) is 9.90 Å². The van der Waals surface area contributed by atoms with Crippen LogP contribution in [0, 0.1) is 12.3 Å². The normalized spacial score (nSPS) is 15.6. The zero-order valence-corrected chi connectivity index (χ0v) is 21.1. The fraction of sp³-hybridized carbons (Fsp3) is 0.393. The second-order valence-corrected chi connectivity index (χ2v) is 9.80. The van der Waals surface area contributed by atoms with Crippen LogP contribution in [-0.4, -0.2) is 41.7 Å². The molecule has 2 heterocycles. The number of benzene rings is 1. The number of pyridine rings is 1. The largest absolute Gasteiger partial charge is 0.493 e. The molecular formula is C28H33N3O4. The Kier molecular flexibility index (Phi) is 6.96. The number of carbonyl (C=O) groups is 1. The van der Waals surface area contributed by atoms with Crippen LogP contribution < -0.4 is 9.64 Å². The molecule has 0 saturated carbocycles. The van der Waals surface area contributed by atoms with E-state index < -0.39 is 5.97 Å². The van der Waals surface area contributed by atoms with Crippen molar-refractivity contribution in [1.29, 1.82) is 0 Å². The molecule has 1 aromatic carbocycles. The minimum atomic E-state index is -0.820. The first kappa shape index (κ1) is 24.5. The standard InChI is InChI=1S/C28H33N3O4/c1-18-23(30-27(35-18)19-9-11-25(29-17-19)31(4)5)14-16-34-24-8-6-7-20-21(24)13-15-28(2,3)22(20)10-12-26(32)33/h6-11,17H,12-16H2,1-5H3,(H,32,33)/b22-10+. The van der Waals surface area contributed by atoms with Gasteiger partial charge in [-0.25, -0.2) is 9.97 Å². The Hall–Kier alpha value is -3.61. The molecule has 0 atom stereocenters. The predicted octanol–water partition coefficient (Wildman–Crippen LogP) is 5.56. The lowest BCUT2D eigenvalue weighted by Crippen LogP contribution is -2.22. The number of anilines is 1. The van der Waals surface area contributed by atoms with Gasteiger partial charge < -0.3 is 19.2 Å². The summed E-state index contributed by atoms with van der Waals surface area (Å²) in [7, 11) is 3.90. The van der Waals surface area contributed by atoms with E-state index in [1.165, 1.54) is 0 Å². The smallest absolute Gasteiger partial charge is 0.307 e. The summed E-state index contributed by atoms with van der Waals surface area (Å²) in [5.74, 6) is 2.24. The molecule has 0 saturated heterocycles. The molecule has 7 nitrogen and oxygen atoms in total. The first-order chi connectivity index (χ1) is 16.7. The number of carboxylic acids is 1. The van der Waals surface area contributed by atoms with Crippen molar-refractivity contribution in [2.45, 2.75) is 46.5 Å². The van der Waals surface area contributed by atoms with Crippen molar-refractivity contribution >= 4 is 17.4 Å². The Morgan fingerprint density at radius 3 is 2.74 bits per heavy atom. The first-order valence-electron chi connectivity index (χ1n) is 11.9. The monoisotopic (exact) mass is 475 g/mol. The summed E-state index contributed by atoms with van der Waals surface area (Å²) in [6.45, 7) is 6.73. The predicted molar refractivity (Wildman–Crippen MR) is 137 cm³/mol. The molecule has 0 unspecified atom stereocenters. The minimum absolute atomic E-state index is 0.0183. The van der Waals surface area contributed by atoms with Crippen LogP contribution in [0.2, 0.25) is 0 Å². The molecule has 35 heavy (non-hydrogen) atoms. The first-order valence-corrected chi connectivity index (χ1v) is 11.9. The summed E-state index contributed by atoms with van der Waals surface area (Å²) in [5, 5.41) is 9.18. The number of fused-ring (bicyclic) bond motifs is 1. The Morgan fingerprint density at radius 1 is 1.26 bits per heavy atom. The SMILES string of the molecule is Cc1oc(-c2ccc(N(C)C)nc2)nc1CCOc1cccc2c1CCC(C)(C)/C2=C/CC(=O)O. The Morgan fingerprint density at radius 2 is 2.06 bits per heavy atom. The van der Waals surface area contributed by atoms with Gasteiger partial charge in [0.1, 0.15) is 17.3 Å². The van der Waals surface area contributed by atoms with E-state index in [4.69, 9.17) is 9.15 Å². The molecule has 0 fully saturated rings. The fourth-order valence-electron chi connectivity index (χ4n) is 4.54. The Labute approximate surface area is 206 Å². The molecular weight excluding hydrogens is 442 g/mol. The molecule has 0 aliphatic heterocycles. The van der Waals surface area contributed by atoms with Crippen LogP contribution in [0.4, 0.5) is 5.82 Å². The van der Waals surface area contributed by atoms with Gasteiger partial charge in [0.15, 0.2) is 0 Å². The van der Waals surface area contributed by atoms with Crippen LogP contribution in [0.1, 0.15) is 49.3 Å². The lowest BCUT2D eigenvalue weighted by Gasteiger charge is -2.35. The summed E-state index contributed by atoms with van der Waals surface area (Å²) >= 11 is 0. The van der Waals surface area contributed by atoms with E-state index in [0.717, 1.165) is 58.1 Å². The van der Waals surface area contributed by atoms with Crippen molar-refractivity contribution in [3.63, 3.8) is 0 Å². The highest BCUT2D eigenvalue weighted by atomic mass is 16.5. The van der Waals surface area contributed by atoms with Crippen molar-refractivity contribution in [1.82, 2.24) is 9.97 Å². The van der Waals surface area contributed by atoms with Crippen molar-refractivity contribution < 1.29 is 19.1 Å². The third-order valence-electron chi connectivity index (χ3n) is 6.58. The van der Waals surface area contributed by atoms with Crippen LogP contribution >= 0.6 is 0 Å². The minimum Gasteiger partial charge on any atom is -0.493 e. The van der Waals surface area contributed by atoms with Crippen LogP contribution in [0.5, 0.6) is 5.75 Å². The average molecular weight is 476 g/mol. The summed E-state index contributed by atoms with van der Waals surface area (Å²) in [6.07, 6.45) is 6.10. The van der Waals surface area contributed by atoms with E-state index in [0.29, 0.717) is 18.9 Å². The number of oxazole rings is 1. The van der Waals surface area contributed by atoms with E-state index in [1.54, 1.807) is 6.20 Å². The Bertz CT molecular complexity index is 1240. The maximum Gasteiger partial charge on any atom is 0.307 e. The molecule has 4 rings (SSSR count). The Balaban J connectivity index is 1.48. The van der Waals surface area contributed by atoms with Gasteiger partial charge in [-0.15, -0.1) is 0 Å². The maximum atomic E-state index is 11.2. The number of ether oxygens (including phenoxy) is 1. The van der Waals surface area contributed by atoms with Crippen molar-refractivity contribution in [3.05, 3.63) is 65.2 Å². The van der Waals surface area contributed by atoms with Crippen molar-refractivity contribution in [2.24, 2.45) is 5.41 Å². The topological polar surface area (TPSA) is 88.7 Å². The van der Waals surface area contributed by atoms with E-state index in [2.05, 4.69) is 29.9 Å². The molecule has 0 bridgehead atoms. The number of aryl methyl sites for hydroxylation is 1. The van der Waals surface area contributed by atoms with Gasteiger partial charge in [0.25, 0.3) is 0 Å². The van der Waals surface area contributed by atoms with Crippen LogP contribution in [0.15, 0.2) is 47.0 Å². The quantitative estimate of drug-likeness (QED) is 0.456. The molecule has 0 radical (unpaired) electrons. The van der Waals surface area contributed by atoms with Crippen LogP contribution in [0.3, 0.4) is 0 Å². The molecule has 2 aromatic heterocycles. The molecule has 0 spiro atoms. The molecule has 7 heteroatoms. The highest BCUT2D eigenvalue weighted by Gasteiger charge is 2.32. The van der Waals surface area contributed by atoms with Gasteiger partial charge in [-0.1, -0.05) is 32.1 Å². The molecule has 184 valence electrons. The fourth-order valence-corrected chi connectivity index (χ4v) is 4.54. The second-order valence-electron chi connectivity index (χ2n) is 9.80.